The van der Waals surface area contributed by atoms with Gasteiger partial charge in [-0.1, -0.05) is 17.8 Å². The van der Waals surface area contributed by atoms with E-state index in [2.05, 4.69) is 31.5 Å². The van der Waals surface area contributed by atoms with Crippen molar-refractivity contribution in [3.8, 4) is 11.5 Å². The summed E-state index contributed by atoms with van der Waals surface area (Å²) in [7, 11) is 1.55. The van der Waals surface area contributed by atoms with Gasteiger partial charge in [-0.3, -0.25) is 33.8 Å². The summed E-state index contributed by atoms with van der Waals surface area (Å²) in [6.07, 6.45) is 0.0286. The normalized spacial score (nSPS) is 22.7. The molecule has 260 valence electrons. The highest BCUT2D eigenvalue weighted by Gasteiger charge is 2.72. The fraction of sp³-hybridized carbons (Fsp3) is 0.385. The number of tetrazole rings is 1. The first kappa shape index (κ1) is 34.9. The van der Waals surface area contributed by atoms with Crippen LogP contribution in [-0.2, 0) is 47.0 Å². The van der Waals surface area contributed by atoms with E-state index in [1.807, 2.05) is 0 Å². The quantitative estimate of drug-likeness (QED) is 0.0252. The molecule has 1 aromatic carbocycles. The Bertz CT molecular complexity index is 1790. The number of carbonyl (C=O) groups is 7. The van der Waals surface area contributed by atoms with Gasteiger partial charge in [-0.05, 0) is 46.2 Å². The van der Waals surface area contributed by atoms with E-state index in [0.29, 0.717) is 15.0 Å². The Morgan fingerprint density at radius 2 is 1.92 bits per heavy atom. The summed E-state index contributed by atoms with van der Waals surface area (Å²) in [5.74, 6) is -7.91. The van der Waals surface area contributed by atoms with Gasteiger partial charge in [0, 0.05) is 38.0 Å². The van der Waals surface area contributed by atoms with Crippen molar-refractivity contribution < 1.29 is 53.4 Å². The van der Waals surface area contributed by atoms with Crippen LogP contribution >= 0.6 is 11.8 Å². The average molecular weight is 721 g/mol. The van der Waals surface area contributed by atoms with Gasteiger partial charge in [-0.2, -0.15) is 0 Å². The third-order valence-corrected chi connectivity index (χ3v) is 10.7. The van der Waals surface area contributed by atoms with E-state index in [0.717, 1.165) is 30.0 Å². The number of amides is 7. The van der Waals surface area contributed by atoms with E-state index in [-0.39, 0.29) is 42.9 Å². The van der Waals surface area contributed by atoms with Gasteiger partial charge in [0.2, 0.25) is 22.8 Å². The molecular weight excluding hydrogens is 692 g/mol. The number of imide groups is 1. The van der Waals surface area contributed by atoms with Crippen LogP contribution in [-0.4, -0.2) is 139 Å². The summed E-state index contributed by atoms with van der Waals surface area (Å²) in [6.45, 7) is 1.61. The number of aromatic hydroxyl groups is 2. The van der Waals surface area contributed by atoms with Crippen molar-refractivity contribution in [1.82, 2.24) is 50.9 Å². The molecule has 2 fully saturated rings. The van der Waals surface area contributed by atoms with Crippen LogP contribution in [0.3, 0.4) is 0 Å². The number of carbonyl (C=O) groups excluding carboxylic acids is 6. The molecular formula is C26H28N10O11S2. The van der Waals surface area contributed by atoms with Gasteiger partial charge in [0.1, 0.15) is 17.5 Å². The Kier molecular flexibility index (Phi) is 9.69. The molecule has 0 saturated carbocycles. The molecule has 49 heavy (non-hydrogen) atoms. The Balaban J connectivity index is 1.45. The summed E-state index contributed by atoms with van der Waals surface area (Å²) in [6, 6.07) is -0.0677. The Morgan fingerprint density at radius 3 is 2.53 bits per heavy atom. The zero-order valence-electron chi connectivity index (χ0n) is 25.6. The number of thioether (sulfide) groups is 1. The van der Waals surface area contributed by atoms with E-state index < -0.39 is 86.8 Å². The lowest BCUT2D eigenvalue weighted by atomic mass is 9.94. The molecule has 3 aliphatic rings. The second-order valence-electron chi connectivity index (χ2n) is 10.7. The number of aryl methyl sites for hydroxylation is 1. The number of benzene rings is 1. The highest BCUT2D eigenvalue weighted by Crippen LogP contribution is 2.43. The largest absolute Gasteiger partial charge is 0.614 e. The minimum absolute atomic E-state index is 0.00491. The number of rotatable bonds is 11. The van der Waals surface area contributed by atoms with Gasteiger partial charge in [0.05, 0.1) is 0 Å². The smallest absolute Gasteiger partial charge is 0.352 e. The standard InChI is InChI=1S/C26H28N10O11S2/c1-3-34-6-7-35(20(42)19(34)41)24(46)28-16(12-4-5-14(38)15(39)8-12)18(40)29-26(27-11-37)22(45)36-17(21(43)44)13(10-49(47)23(26)36)9-48-25-30-31-32-33(25)2/h4-5,8,11,16,23,38-39H,3,6-7,9-10H2,1-2H3,(H,27,37)(H,28,46)(H,29,40)(H,43,44)/t16?,23-,26+,49?/m0/s1. The lowest BCUT2D eigenvalue weighted by molar-refractivity contribution is -0.163. The monoisotopic (exact) mass is 720 g/mol. The van der Waals surface area contributed by atoms with Crippen molar-refractivity contribution in [3.63, 3.8) is 0 Å². The molecule has 2 aromatic rings. The number of hydrogen-bond donors (Lipinski definition) is 6. The van der Waals surface area contributed by atoms with Gasteiger partial charge in [0.25, 0.3) is 11.6 Å². The number of nitrogens with one attached hydrogen (secondary N) is 3. The number of urea groups is 1. The maximum Gasteiger partial charge on any atom is 0.352 e. The molecule has 7 amide bonds. The van der Waals surface area contributed by atoms with Crippen LogP contribution in [0.4, 0.5) is 4.79 Å². The van der Waals surface area contributed by atoms with Crippen LogP contribution in [0.2, 0.25) is 0 Å². The van der Waals surface area contributed by atoms with E-state index in [1.54, 1.807) is 14.0 Å². The zero-order valence-corrected chi connectivity index (χ0v) is 27.2. The molecule has 21 nitrogen and oxygen atoms in total. The van der Waals surface area contributed by atoms with Crippen molar-refractivity contribution >= 4 is 65.0 Å². The van der Waals surface area contributed by atoms with Crippen molar-refractivity contribution in [2.45, 2.75) is 29.2 Å². The molecule has 0 spiro atoms. The number of nitrogens with zero attached hydrogens (tertiary/aromatic N) is 7. The van der Waals surface area contributed by atoms with E-state index in [4.69, 9.17) is 0 Å². The van der Waals surface area contributed by atoms with Crippen LogP contribution < -0.4 is 16.0 Å². The SMILES string of the molecule is CCN1CCN(C(=O)NC(C(=O)N[C@]2(NC=O)C(=O)N3C(C(=O)O)=C(CSc4nnnn4C)C[S+]([O-])[C@H]32)c2ccc(O)c(O)c2)C(=O)C1=O. The highest BCUT2D eigenvalue weighted by atomic mass is 32.2. The van der Waals surface area contributed by atoms with Gasteiger partial charge in [0.15, 0.2) is 11.5 Å². The number of β-lactam (4-membered cyclic amide) rings is 1. The molecule has 2 saturated heterocycles. The van der Waals surface area contributed by atoms with E-state index in [9.17, 15) is 53.4 Å². The molecule has 1 aromatic heterocycles. The molecule has 2 unspecified atom stereocenters. The number of fused-ring (bicyclic) bond motifs is 1. The van der Waals surface area contributed by atoms with Crippen LogP contribution in [0.15, 0.2) is 34.6 Å². The number of phenols is 2. The van der Waals surface area contributed by atoms with Gasteiger partial charge >= 0.3 is 23.8 Å². The van der Waals surface area contributed by atoms with Gasteiger partial charge in [-0.15, -0.1) is 5.10 Å². The summed E-state index contributed by atoms with van der Waals surface area (Å²) in [5.41, 5.74) is -3.11. The first-order chi connectivity index (χ1) is 23.2. The van der Waals surface area contributed by atoms with Crippen LogP contribution in [0.25, 0.3) is 0 Å². The number of phenolic OH excluding ortho intramolecular Hbond substituents is 2. The lowest BCUT2D eigenvalue weighted by Gasteiger charge is -2.55. The number of hydrogen-bond acceptors (Lipinski definition) is 14. The molecule has 5 rings (SSSR count). The zero-order chi connectivity index (χ0) is 35.8. The predicted molar refractivity (Wildman–Crippen MR) is 163 cm³/mol. The average Bonchev–Trinajstić information content (AvgIpc) is 3.48. The van der Waals surface area contributed by atoms with E-state index in [1.165, 1.54) is 9.58 Å². The number of piperazine rings is 1. The van der Waals surface area contributed by atoms with Crippen molar-refractivity contribution in [1.29, 1.82) is 0 Å². The maximum absolute atomic E-state index is 13.9. The van der Waals surface area contributed by atoms with Crippen molar-refractivity contribution in [2.75, 3.05) is 31.1 Å². The fourth-order valence-electron chi connectivity index (χ4n) is 5.45. The van der Waals surface area contributed by atoms with Crippen LogP contribution in [0, 0.1) is 0 Å². The summed E-state index contributed by atoms with van der Waals surface area (Å²) in [5, 5.41) is 46.3. The molecule has 4 atom stereocenters. The number of aromatic nitrogens is 4. The third-order valence-electron chi connectivity index (χ3n) is 7.87. The molecule has 3 aliphatic heterocycles. The molecule has 0 bridgehead atoms. The van der Waals surface area contributed by atoms with Crippen molar-refractivity contribution in [2.24, 2.45) is 7.05 Å². The summed E-state index contributed by atoms with van der Waals surface area (Å²) < 4.78 is 14.9. The minimum atomic E-state index is -2.48. The molecule has 0 aliphatic carbocycles. The Labute approximate surface area is 282 Å². The summed E-state index contributed by atoms with van der Waals surface area (Å²) >= 11 is -1.11. The van der Waals surface area contributed by atoms with Crippen LogP contribution in [0.5, 0.6) is 11.5 Å². The number of carboxylic acids is 1. The Hall–Kier alpha value is -5.42. The van der Waals surface area contributed by atoms with Gasteiger partial charge < -0.3 is 40.7 Å². The first-order valence-corrected chi connectivity index (χ1v) is 16.6. The third kappa shape index (κ3) is 6.17. The number of likely N-dealkylation sites (N-methyl/N-ethyl adjacent to an activating group) is 1. The molecule has 6 N–H and O–H groups in total. The lowest BCUT2D eigenvalue weighted by Crippen LogP contribution is -2.88. The molecule has 0 radical (unpaired) electrons. The summed E-state index contributed by atoms with van der Waals surface area (Å²) in [4.78, 5) is 92.7. The fourth-order valence-corrected chi connectivity index (χ4v) is 8.23. The maximum atomic E-state index is 13.9. The minimum Gasteiger partial charge on any atom is -0.614 e. The van der Waals surface area contributed by atoms with Crippen molar-refractivity contribution in [3.05, 3.63) is 35.0 Å². The topological polar surface area (TPSA) is 293 Å². The first-order valence-electron chi connectivity index (χ1n) is 14.2. The highest BCUT2D eigenvalue weighted by molar-refractivity contribution is 7.99. The van der Waals surface area contributed by atoms with E-state index >= 15 is 0 Å². The number of aliphatic carboxylic acids is 1. The Morgan fingerprint density at radius 1 is 1.18 bits per heavy atom. The predicted octanol–water partition coefficient (Wildman–Crippen LogP) is -3.32. The van der Waals surface area contributed by atoms with Crippen LogP contribution in [0.1, 0.15) is 18.5 Å². The molecule has 4 heterocycles. The number of carboxylic acid groups (broad SMARTS) is 1. The molecule has 23 heteroatoms. The second-order valence-corrected chi connectivity index (χ2v) is 13.2. The van der Waals surface area contributed by atoms with Gasteiger partial charge in [-0.25, -0.2) is 14.3 Å². The second kappa shape index (κ2) is 13.6.